The third-order valence-corrected chi connectivity index (χ3v) is 9.39. The van der Waals surface area contributed by atoms with Crippen molar-refractivity contribution < 1.29 is 23.7 Å². The number of hydrogen-bond donors (Lipinski definition) is 0. The van der Waals surface area contributed by atoms with Gasteiger partial charge in [-0.25, -0.2) is 0 Å². The molecule has 1 aromatic carbocycles. The predicted molar refractivity (Wildman–Crippen MR) is 123 cm³/mol. The molecule has 33 heavy (non-hydrogen) atoms. The van der Waals surface area contributed by atoms with Crippen molar-refractivity contribution >= 4 is 5.97 Å². The highest BCUT2D eigenvalue weighted by atomic mass is 16.7. The van der Waals surface area contributed by atoms with Crippen LogP contribution in [0.1, 0.15) is 63.0 Å². The molecular formula is C27H37NO5. The van der Waals surface area contributed by atoms with Gasteiger partial charge in [0.25, 0.3) is 0 Å². The van der Waals surface area contributed by atoms with Crippen molar-refractivity contribution in [1.82, 2.24) is 4.90 Å². The molecule has 0 aromatic heterocycles. The molecule has 1 spiro atoms. The van der Waals surface area contributed by atoms with Crippen LogP contribution in [0.15, 0.2) is 18.2 Å². The molecule has 2 heterocycles. The number of carbonyl (C=O) groups is 1. The van der Waals surface area contributed by atoms with Crippen LogP contribution in [0.4, 0.5) is 0 Å². The zero-order valence-corrected chi connectivity index (χ0v) is 20.1. The van der Waals surface area contributed by atoms with Crippen molar-refractivity contribution in [2.75, 3.05) is 40.0 Å². The highest BCUT2D eigenvalue weighted by Gasteiger charge is 2.69. The minimum absolute atomic E-state index is 0.0117. The summed E-state index contributed by atoms with van der Waals surface area (Å²) in [4.78, 5) is 15.6. The molecule has 0 amide bonds. The van der Waals surface area contributed by atoms with Gasteiger partial charge < -0.3 is 18.9 Å². The van der Waals surface area contributed by atoms with E-state index in [9.17, 15) is 4.79 Å². The average Bonchev–Trinajstić information content (AvgIpc) is 3.44. The first-order valence-corrected chi connectivity index (χ1v) is 12.9. The van der Waals surface area contributed by atoms with Crippen LogP contribution in [0.25, 0.3) is 0 Å². The maximum absolute atomic E-state index is 12.9. The van der Waals surface area contributed by atoms with E-state index in [0.29, 0.717) is 26.2 Å². The van der Waals surface area contributed by atoms with Crippen molar-refractivity contribution in [3.05, 3.63) is 29.3 Å². The van der Waals surface area contributed by atoms with E-state index in [0.717, 1.165) is 56.9 Å². The van der Waals surface area contributed by atoms with E-state index in [1.807, 2.05) is 6.92 Å². The summed E-state index contributed by atoms with van der Waals surface area (Å²) in [7, 11) is 1.74. The lowest BCUT2D eigenvalue weighted by Crippen LogP contribution is -2.67. The minimum Gasteiger partial charge on any atom is -0.497 e. The maximum atomic E-state index is 12.9. The third-order valence-electron chi connectivity index (χ3n) is 9.39. The van der Waals surface area contributed by atoms with Gasteiger partial charge in [0, 0.05) is 36.3 Å². The first kappa shape index (κ1) is 21.9. The molecule has 0 N–H and O–H groups in total. The van der Waals surface area contributed by atoms with Gasteiger partial charge >= 0.3 is 5.97 Å². The van der Waals surface area contributed by atoms with Crippen LogP contribution in [-0.4, -0.2) is 62.7 Å². The highest BCUT2D eigenvalue weighted by molar-refractivity contribution is 5.70. The number of rotatable bonds is 6. The van der Waals surface area contributed by atoms with Gasteiger partial charge in [0.05, 0.1) is 33.4 Å². The van der Waals surface area contributed by atoms with Crippen LogP contribution in [0.2, 0.25) is 0 Å². The molecule has 180 valence electrons. The fourth-order valence-corrected chi connectivity index (χ4v) is 7.83. The third kappa shape index (κ3) is 3.35. The highest BCUT2D eigenvalue weighted by Crippen LogP contribution is 2.68. The maximum Gasteiger partial charge on any atom is 0.307 e. The molecule has 1 aromatic rings. The number of nitrogens with zero attached hydrogens (tertiary/aromatic N) is 1. The van der Waals surface area contributed by atoms with Gasteiger partial charge in [-0.1, -0.05) is 6.07 Å². The second kappa shape index (κ2) is 7.96. The number of piperidine rings is 1. The number of likely N-dealkylation sites (tertiary alicyclic amines) is 1. The Bertz CT molecular complexity index is 923. The van der Waals surface area contributed by atoms with Gasteiger partial charge in [-0.3, -0.25) is 9.69 Å². The molecule has 6 heteroatoms. The van der Waals surface area contributed by atoms with Crippen LogP contribution in [0.5, 0.6) is 5.75 Å². The van der Waals surface area contributed by atoms with E-state index < -0.39 is 5.79 Å². The van der Waals surface area contributed by atoms with E-state index in [4.69, 9.17) is 18.9 Å². The van der Waals surface area contributed by atoms with Crippen molar-refractivity contribution in [3.63, 3.8) is 0 Å². The van der Waals surface area contributed by atoms with Gasteiger partial charge in [0.15, 0.2) is 5.79 Å². The van der Waals surface area contributed by atoms with Crippen molar-refractivity contribution in [2.45, 2.75) is 75.5 Å². The Morgan fingerprint density at radius 3 is 2.73 bits per heavy atom. The largest absolute Gasteiger partial charge is 0.497 e. The van der Waals surface area contributed by atoms with Crippen LogP contribution < -0.4 is 4.74 Å². The first-order chi connectivity index (χ1) is 16.0. The molecule has 0 unspecified atom stereocenters. The second-order valence-electron chi connectivity index (χ2n) is 10.9. The summed E-state index contributed by atoms with van der Waals surface area (Å²) in [5.41, 5.74) is 2.73. The van der Waals surface area contributed by atoms with Crippen LogP contribution in [0, 0.1) is 11.3 Å². The summed E-state index contributed by atoms with van der Waals surface area (Å²) >= 11 is 0. The van der Waals surface area contributed by atoms with E-state index in [1.54, 1.807) is 7.11 Å². The summed E-state index contributed by atoms with van der Waals surface area (Å²) in [6.45, 7) is 5.81. The van der Waals surface area contributed by atoms with E-state index in [2.05, 4.69) is 23.1 Å². The normalized spacial score (nSPS) is 34.5. The fraction of sp³-hybridized carbons (Fsp3) is 0.741. The molecule has 0 radical (unpaired) electrons. The molecule has 6 rings (SSSR count). The molecule has 3 atom stereocenters. The van der Waals surface area contributed by atoms with Gasteiger partial charge in [-0.2, -0.15) is 0 Å². The van der Waals surface area contributed by atoms with Gasteiger partial charge in [-0.15, -0.1) is 0 Å². The average molecular weight is 456 g/mol. The summed E-state index contributed by atoms with van der Waals surface area (Å²) in [5.74, 6) is 1.16. The number of carbonyl (C=O) groups excluding carboxylic acids is 1. The molecule has 4 fully saturated rings. The molecule has 6 nitrogen and oxygen atoms in total. The van der Waals surface area contributed by atoms with E-state index in [-0.39, 0.29) is 22.8 Å². The molecule has 2 aliphatic heterocycles. The number of esters is 1. The molecule has 0 bridgehead atoms. The van der Waals surface area contributed by atoms with Crippen LogP contribution in [0.3, 0.4) is 0 Å². The lowest BCUT2D eigenvalue weighted by atomic mass is 9.48. The first-order valence-electron chi connectivity index (χ1n) is 12.9. The Balaban J connectivity index is 1.46. The van der Waals surface area contributed by atoms with Gasteiger partial charge in [-0.05, 0) is 74.8 Å². The standard InChI is InChI=1S/C27H37NO5/c1-3-31-24(29)15-23-25-8-9-27(32-12-13-33-27)18-26(25,10-11-28(23)17-19-4-5-19)22-14-21(30-2)7-6-20(22)16-25/h6-7,14,19,23H,3-5,8-13,15-18H2,1-2H3/t23-,25-,26+/m0/s1. The summed E-state index contributed by atoms with van der Waals surface area (Å²) in [5, 5.41) is 0. The number of fused-ring (bicyclic) bond motifs is 1. The number of ether oxygens (including phenoxy) is 4. The van der Waals surface area contributed by atoms with Gasteiger partial charge in [0.1, 0.15) is 5.75 Å². The Morgan fingerprint density at radius 1 is 1.18 bits per heavy atom. The molecule has 2 saturated carbocycles. The predicted octanol–water partition coefficient (Wildman–Crippen LogP) is 3.84. The summed E-state index contributed by atoms with van der Waals surface area (Å²) < 4.78 is 23.8. The minimum atomic E-state index is -0.485. The lowest BCUT2D eigenvalue weighted by molar-refractivity contribution is -0.231. The van der Waals surface area contributed by atoms with Crippen molar-refractivity contribution in [3.8, 4) is 5.75 Å². The Hall–Kier alpha value is -1.63. The number of benzene rings is 1. The second-order valence-corrected chi connectivity index (χ2v) is 10.9. The molecule has 5 aliphatic rings. The van der Waals surface area contributed by atoms with Crippen LogP contribution >= 0.6 is 0 Å². The van der Waals surface area contributed by atoms with Crippen molar-refractivity contribution in [2.24, 2.45) is 11.3 Å². The topological polar surface area (TPSA) is 57.2 Å². The Labute approximate surface area is 196 Å². The zero-order chi connectivity index (χ0) is 22.7. The SMILES string of the molecule is CCOC(=O)C[C@@H]1N(CC2CC2)CC[C@]23CC4(CC[C@]12Cc1ccc(OC)cc13)OCCO4. The van der Waals surface area contributed by atoms with E-state index >= 15 is 0 Å². The summed E-state index contributed by atoms with van der Waals surface area (Å²) in [6.07, 6.45) is 7.98. The number of methoxy groups -OCH3 is 1. The smallest absolute Gasteiger partial charge is 0.307 e. The van der Waals surface area contributed by atoms with Gasteiger partial charge in [0.2, 0.25) is 0 Å². The quantitative estimate of drug-likeness (QED) is 0.608. The molecule has 3 aliphatic carbocycles. The summed E-state index contributed by atoms with van der Waals surface area (Å²) in [6, 6.07) is 6.80. The monoisotopic (exact) mass is 455 g/mol. The zero-order valence-electron chi connectivity index (χ0n) is 20.1. The Morgan fingerprint density at radius 2 is 2.00 bits per heavy atom. The fourth-order valence-electron chi connectivity index (χ4n) is 7.83. The lowest BCUT2D eigenvalue weighted by Gasteiger charge is -2.63. The Kier molecular flexibility index (Phi) is 5.28. The van der Waals surface area contributed by atoms with Crippen LogP contribution in [-0.2, 0) is 30.8 Å². The molecule has 2 saturated heterocycles. The molecular weight excluding hydrogens is 418 g/mol. The van der Waals surface area contributed by atoms with Crippen molar-refractivity contribution in [1.29, 1.82) is 0 Å². The van der Waals surface area contributed by atoms with E-state index in [1.165, 1.54) is 24.0 Å². The number of hydrogen-bond acceptors (Lipinski definition) is 6.